The van der Waals surface area contributed by atoms with E-state index in [0.29, 0.717) is 0 Å². The second-order valence-electron chi connectivity index (χ2n) is 1.57. The van der Waals surface area contributed by atoms with E-state index in [1.165, 1.54) is 6.08 Å². The molecule has 0 aromatic rings. The second-order valence-corrected chi connectivity index (χ2v) is 1.57. The van der Waals surface area contributed by atoms with Gasteiger partial charge in [0.05, 0.1) is 0 Å². The lowest BCUT2D eigenvalue weighted by atomic mass is 10.1. The van der Waals surface area contributed by atoms with Crippen LogP contribution in [0.2, 0.25) is 0 Å². The highest BCUT2D eigenvalue weighted by Crippen LogP contribution is 2.25. The van der Waals surface area contributed by atoms with Crippen LogP contribution >= 0.6 is 0 Å². The largest absolute Gasteiger partial charge is 0.479 e. The van der Waals surface area contributed by atoms with Gasteiger partial charge in [0, 0.05) is 0 Å². The van der Waals surface area contributed by atoms with Crippen molar-refractivity contribution in [2.75, 3.05) is 0 Å². The highest BCUT2D eigenvalue weighted by Gasteiger charge is 2.39. The Bertz CT molecular complexity index is 196. The lowest BCUT2D eigenvalue weighted by Crippen LogP contribution is -2.14. The van der Waals surface area contributed by atoms with Gasteiger partial charge in [-0.1, -0.05) is 17.9 Å². The molecule has 0 aliphatic heterocycles. The molecule has 0 atom stereocenters. The predicted octanol–water partition coefficient (Wildman–Crippen LogP) is 0.260. The van der Waals surface area contributed by atoms with Crippen molar-refractivity contribution in [2.45, 2.75) is 0 Å². The van der Waals surface area contributed by atoms with E-state index in [1.807, 2.05) is 0 Å². The molecule has 40 valence electrons. The Kier molecular flexibility index (Phi) is 0.696. The summed E-state index contributed by atoms with van der Waals surface area (Å²) in [5.74, 6) is 3.91. The molecule has 1 N–H and O–H groups in total. The standard InChI is InChI=1S/C6H4O2/c1-2-6(3-4-6)5(7)8/h2H,1H2,(H,7,8). The quantitative estimate of drug-likeness (QED) is 0.407. The molecule has 0 bridgehead atoms. The van der Waals surface area contributed by atoms with Crippen LogP contribution in [0.25, 0.3) is 0 Å². The first-order valence-corrected chi connectivity index (χ1v) is 2.12. The van der Waals surface area contributed by atoms with Gasteiger partial charge < -0.3 is 5.11 Å². The van der Waals surface area contributed by atoms with E-state index >= 15 is 0 Å². The van der Waals surface area contributed by atoms with Crippen LogP contribution in [0.1, 0.15) is 0 Å². The molecule has 0 unspecified atom stereocenters. The fraction of sp³-hybridized carbons (Fsp3) is 0.167. The summed E-state index contributed by atoms with van der Waals surface area (Å²) in [6.07, 6.45) is 1.30. The van der Waals surface area contributed by atoms with Crippen molar-refractivity contribution in [3.63, 3.8) is 0 Å². The van der Waals surface area contributed by atoms with Crippen LogP contribution < -0.4 is 0 Å². The van der Waals surface area contributed by atoms with Gasteiger partial charge in [-0.15, -0.1) is 6.58 Å². The predicted molar refractivity (Wildman–Crippen MR) is 28.0 cm³/mol. The minimum Gasteiger partial charge on any atom is -0.479 e. The highest BCUT2D eigenvalue weighted by atomic mass is 16.4. The van der Waals surface area contributed by atoms with Crippen LogP contribution in [0.3, 0.4) is 0 Å². The number of carboxylic acids is 1. The normalized spacial score (nSPS) is 18.0. The lowest BCUT2D eigenvalue weighted by Gasteiger charge is -1.96. The van der Waals surface area contributed by atoms with E-state index in [1.54, 1.807) is 0 Å². The second kappa shape index (κ2) is 1.13. The third-order valence-electron chi connectivity index (χ3n) is 1.04. The van der Waals surface area contributed by atoms with Crippen molar-refractivity contribution in [1.29, 1.82) is 0 Å². The van der Waals surface area contributed by atoms with Crippen LogP contribution in [0.4, 0.5) is 0 Å². The molecule has 2 nitrogen and oxygen atoms in total. The number of rotatable bonds is 2. The fourth-order valence-electron chi connectivity index (χ4n) is 0.364. The highest BCUT2D eigenvalue weighted by molar-refractivity contribution is 5.91. The molecule has 1 aliphatic carbocycles. The average molecular weight is 108 g/mol. The minimum absolute atomic E-state index is 0.951. The van der Waals surface area contributed by atoms with Crippen molar-refractivity contribution in [2.24, 2.45) is 5.41 Å². The number of carboxylic acid groups (broad SMARTS) is 1. The molecule has 0 saturated heterocycles. The summed E-state index contributed by atoms with van der Waals surface area (Å²) in [5, 5.41) is 8.31. The molecule has 1 rings (SSSR count). The zero-order valence-electron chi connectivity index (χ0n) is 4.14. The number of hydrogen-bond acceptors (Lipinski definition) is 1. The summed E-state index contributed by atoms with van der Waals surface area (Å²) in [6.45, 7) is 3.31. The molecule has 0 saturated carbocycles. The third kappa shape index (κ3) is 0.416. The molecule has 0 fully saturated rings. The van der Waals surface area contributed by atoms with Crippen LogP contribution in [-0.4, -0.2) is 11.1 Å². The van der Waals surface area contributed by atoms with E-state index in [0.717, 1.165) is 0 Å². The molecule has 0 aromatic carbocycles. The topological polar surface area (TPSA) is 37.3 Å². The van der Waals surface area contributed by atoms with E-state index in [-0.39, 0.29) is 0 Å². The maximum Gasteiger partial charge on any atom is 0.338 e. The number of carbonyl (C=O) groups is 1. The van der Waals surface area contributed by atoms with Crippen LogP contribution in [0.15, 0.2) is 12.7 Å². The maximum absolute atomic E-state index is 10.1. The lowest BCUT2D eigenvalue weighted by molar-refractivity contribution is -0.140. The summed E-state index contributed by atoms with van der Waals surface area (Å²) in [7, 11) is 0. The Morgan fingerprint density at radius 3 is 2.25 bits per heavy atom. The molecule has 0 aromatic heterocycles. The SMILES string of the molecule is C=CC1(C(=O)O)C#C1. The Hall–Kier alpha value is -1.23. The van der Waals surface area contributed by atoms with E-state index < -0.39 is 11.4 Å². The van der Waals surface area contributed by atoms with Crippen molar-refractivity contribution < 1.29 is 9.90 Å². The van der Waals surface area contributed by atoms with Gasteiger partial charge in [0.2, 0.25) is 5.41 Å². The van der Waals surface area contributed by atoms with Crippen molar-refractivity contribution >= 4 is 5.97 Å². The zero-order chi connectivity index (χ0) is 6.20. The molecule has 1 aliphatic rings. The summed E-state index contributed by atoms with van der Waals surface area (Å²) < 4.78 is 0. The first-order chi connectivity index (χ1) is 3.71. The average Bonchev–Trinajstić information content (AvgIpc) is 2.44. The zero-order valence-corrected chi connectivity index (χ0v) is 4.14. The van der Waals surface area contributed by atoms with E-state index in [4.69, 9.17) is 5.11 Å². The molecule has 0 heterocycles. The van der Waals surface area contributed by atoms with Crippen LogP contribution in [-0.2, 0) is 4.79 Å². The van der Waals surface area contributed by atoms with Gasteiger partial charge in [-0.2, -0.15) is 0 Å². The Balaban J connectivity index is 2.69. The summed E-state index contributed by atoms with van der Waals surface area (Å²) >= 11 is 0. The summed E-state index contributed by atoms with van der Waals surface area (Å²) in [4.78, 5) is 10.1. The van der Waals surface area contributed by atoms with Gasteiger partial charge in [0.25, 0.3) is 0 Å². The Morgan fingerprint density at radius 1 is 1.75 bits per heavy atom. The van der Waals surface area contributed by atoms with E-state index in [2.05, 4.69) is 18.4 Å². The Morgan fingerprint density at radius 2 is 2.25 bits per heavy atom. The minimum atomic E-state index is -1.03. The monoisotopic (exact) mass is 108 g/mol. The molecular formula is C6H4O2. The third-order valence-corrected chi connectivity index (χ3v) is 1.04. The molecule has 0 spiro atoms. The summed E-state index contributed by atoms with van der Waals surface area (Å²) in [6, 6.07) is 0. The van der Waals surface area contributed by atoms with E-state index in [9.17, 15) is 4.79 Å². The van der Waals surface area contributed by atoms with Crippen molar-refractivity contribution in [1.82, 2.24) is 0 Å². The molecule has 0 amide bonds. The molecule has 0 radical (unpaired) electrons. The molecular weight excluding hydrogens is 104 g/mol. The number of aliphatic carboxylic acids is 1. The smallest absolute Gasteiger partial charge is 0.338 e. The number of hydrogen-bond donors (Lipinski definition) is 1. The van der Waals surface area contributed by atoms with Gasteiger partial charge in [0.15, 0.2) is 0 Å². The van der Waals surface area contributed by atoms with Crippen LogP contribution in [0, 0.1) is 17.3 Å². The first kappa shape index (κ1) is 4.92. The van der Waals surface area contributed by atoms with Crippen LogP contribution in [0.5, 0.6) is 0 Å². The van der Waals surface area contributed by atoms with Gasteiger partial charge in [-0.05, 0) is 0 Å². The van der Waals surface area contributed by atoms with Crippen molar-refractivity contribution in [3.8, 4) is 11.8 Å². The molecule has 8 heavy (non-hydrogen) atoms. The van der Waals surface area contributed by atoms with Gasteiger partial charge >= 0.3 is 5.97 Å². The van der Waals surface area contributed by atoms with Gasteiger partial charge in [0.1, 0.15) is 0 Å². The van der Waals surface area contributed by atoms with Gasteiger partial charge in [-0.3, -0.25) is 0 Å². The maximum atomic E-state index is 10.1. The fourth-order valence-corrected chi connectivity index (χ4v) is 0.364. The van der Waals surface area contributed by atoms with Gasteiger partial charge in [-0.25, -0.2) is 4.79 Å². The first-order valence-electron chi connectivity index (χ1n) is 2.12. The Labute approximate surface area is 46.8 Å². The molecule has 2 heteroatoms. The van der Waals surface area contributed by atoms with Crippen molar-refractivity contribution in [3.05, 3.63) is 12.7 Å². The summed E-state index contributed by atoms with van der Waals surface area (Å²) in [5.41, 5.74) is -1.03.